The van der Waals surface area contributed by atoms with Crippen molar-refractivity contribution in [2.24, 2.45) is 0 Å². The highest BCUT2D eigenvalue weighted by Crippen LogP contribution is 2.14. The molecule has 1 aromatic heterocycles. The van der Waals surface area contributed by atoms with E-state index in [1.165, 1.54) is 4.68 Å². The van der Waals surface area contributed by atoms with E-state index in [1.54, 1.807) is 4.90 Å². The number of amides is 1. The Morgan fingerprint density at radius 3 is 2.68 bits per heavy atom. The maximum atomic E-state index is 12.0. The summed E-state index contributed by atoms with van der Waals surface area (Å²) in [5, 5.41) is 19.9. The van der Waals surface area contributed by atoms with Gasteiger partial charge < -0.3 is 10.0 Å². The van der Waals surface area contributed by atoms with Crippen molar-refractivity contribution in [1.82, 2.24) is 25.1 Å². The second-order valence-electron chi connectivity index (χ2n) is 4.24. The molecule has 2 heterocycles. The number of likely N-dealkylation sites (tertiary alicyclic amines) is 1. The molecule has 0 saturated carbocycles. The summed E-state index contributed by atoms with van der Waals surface area (Å²) >= 11 is 1.01. The van der Waals surface area contributed by atoms with Crippen molar-refractivity contribution in [1.29, 1.82) is 0 Å². The Balaban J connectivity index is 1.92. The smallest absolute Gasteiger partial charge is 0.313 e. The first-order valence-corrected chi connectivity index (χ1v) is 7.04. The molecule has 0 atom stereocenters. The number of carbonyl (C=O) groups is 2. The van der Waals surface area contributed by atoms with Gasteiger partial charge in [-0.15, -0.1) is 5.10 Å². The average Bonchev–Trinajstić information content (AvgIpc) is 2.84. The van der Waals surface area contributed by atoms with E-state index in [9.17, 15) is 9.59 Å². The number of thioether (sulfide) groups is 1. The lowest BCUT2D eigenvalue weighted by molar-refractivity contribution is -0.134. The van der Waals surface area contributed by atoms with Crippen molar-refractivity contribution >= 4 is 23.6 Å². The molecule has 0 spiro atoms. The van der Waals surface area contributed by atoms with Crippen LogP contribution in [0.2, 0.25) is 0 Å². The highest BCUT2D eigenvalue weighted by molar-refractivity contribution is 7.99. The molecular weight excluding hydrogens is 270 g/mol. The molecule has 104 valence electrons. The van der Waals surface area contributed by atoms with Gasteiger partial charge in [0.15, 0.2) is 0 Å². The molecule has 19 heavy (non-hydrogen) atoms. The maximum absolute atomic E-state index is 12.0. The molecule has 8 nitrogen and oxygen atoms in total. The van der Waals surface area contributed by atoms with E-state index in [4.69, 9.17) is 5.11 Å². The summed E-state index contributed by atoms with van der Waals surface area (Å²) in [7, 11) is 0. The van der Waals surface area contributed by atoms with Gasteiger partial charge in [-0.25, -0.2) is 4.68 Å². The highest BCUT2D eigenvalue weighted by atomic mass is 32.2. The zero-order valence-electron chi connectivity index (χ0n) is 10.4. The van der Waals surface area contributed by atoms with Gasteiger partial charge in [0.25, 0.3) is 0 Å². The molecule has 2 rings (SSSR count). The Hall–Kier alpha value is -1.64. The molecule has 9 heteroatoms. The number of aromatic nitrogens is 4. The minimum Gasteiger partial charge on any atom is -0.481 e. The minimum absolute atomic E-state index is 0.0239. The summed E-state index contributed by atoms with van der Waals surface area (Å²) in [6, 6.07) is 0. The molecule has 0 bridgehead atoms. The monoisotopic (exact) mass is 285 g/mol. The van der Waals surface area contributed by atoms with Crippen LogP contribution in [0.5, 0.6) is 0 Å². The number of hydrogen-bond acceptors (Lipinski definition) is 6. The average molecular weight is 285 g/mol. The number of rotatable bonds is 5. The summed E-state index contributed by atoms with van der Waals surface area (Å²) in [5.74, 6) is -1.09. The van der Waals surface area contributed by atoms with Crippen molar-refractivity contribution in [3.63, 3.8) is 0 Å². The molecule has 1 fully saturated rings. The molecule has 1 N–H and O–H groups in total. The van der Waals surface area contributed by atoms with Crippen LogP contribution in [0.15, 0.2) is 5.16 Å². The van der Waals surface area contributed by atoms with E-state index < -0.39 is 5.97 Å². The molecule has 1 amide bonds. The lowest BCUT2D eigenvalue weighted by Gasteiger charge is -2.26. The maximum Gasteiger partial charge on any atom is 0.313 e. The van der Waals surface area contributed by atoms with Gasteiger partial charge in [-0.1, -0.05) is 11.8 Å². The van der Waals surface area contributed by atoms with Gasteiger partial charge in [0.1, 0.15) is 6.54 Å². The quantitative estimate of drug-likeness (QED) is 0.751. The lowest BCUT2D eigenvalue weighted by Crippen LogP contribution is -2.38. The van der Waals surface area contributed by atoms with Gasteiger partial charge in [0.05, 0.1) is 5.75 Å². The Morgan fingerprint density at radius 1 is 1.26 bits per heavy atom. The van der Waals surface area contributed by atoms with Crippen LogP contribution in [0.3, 0.4) is 0 Å². The molecule has 1 aliphatic heterocycles. The lowest BCUT2D eigenvalue weighted by atomic mass is 10.1. The molecule has 0 unspecified atom stereocenters. The summed E-state index contributed by atoms with van der Waals surface area (Å²) in [6.07, 6.45) is 3.22. The third-order valence-corrected chi connectivity index (χ3v) is 3.76. The normalized spacial score (nSPS) is 15.5. The summed E-state index contributed by atoms with van der Waals surface area (Å²) < 4.78 is 1.35. The van der Waals surface area contributed by atoms with Crippen molar-refractivity contribution in [3.05, 3.63) is 0 Å². The number of hydrogen-bond donors (Lipinski definition) is 1. The van der Waals surface area contributed by atoms with Crippen LogP contribution < -0.4 is 0 Å². The van der Waals surface area contributed by atoms with E-state index >= 15 is 0 Å². The summed E-state index contributed by atoms with van der Waals surface area (Å²) in [6.45, 7) is 1.62. The Kier molecular flexibility index (Phi) is 4.72. The molecule has 1 aliphatic rings. The number of carboxylic acids is 1. The summed E-state index contributed by atoms with van der Waals surface area (Å²) in [5.41, 5.74) is 0. The van der Waals surface area contributed by atoms with Gasteiger partial charge in [-0.05, 0) is 29.7 Å². The van der Waals surface area contributed by atoms with Crippen molar-refractivity contribution < 1.29 is 14.7 Å². The number of nitrogens with zero attached hydrogens (tertiary/aromatic N) is 5. The fraction of sp³-hybridized carbons (Fsp3) is 0.700. The zero-order chi connectivity index (χ0) is 13.7. The van der Waals surface area contributed by atoms with E-state index in [0.717, 1.165) is 44.1 Å². The number of carbonyl (C=O) groups excluding carboxylic acids is 1. The van der Waals surface area contributed by atoms with Gasteiger partial charge in [-0.2, -0.15) is 0 Å². The fourth-order valence-electron chi connectivity index (χ4n) is 1.90. The van der Waals surface area contributed by atoms with Gasteiger partial charge >= 0.3 is 5.97 Å². The number of aliphatic carboxylic acids is 1. The Morgan fingerprint density at radius 2 is 2.00 bits per heavy atom. The van der Waals surface area contributed by atoms with Crippen LogP contribution in [0.25, 0.3) is 0 Å². The summed E-state index contributed by atoms with van der Waals surface area (Å²) in [4.78, 5) is 24.3. The predicted octanol–water partition coefficient (Wildman–Crippen LogP) is -0.138. The van der Waals surface area contributed by atoms with Crippen LogP contribution in [-0.2, 0) is 16.1 Å². The highest BCUT2D eigenvalue weighted by Gasteiger charge is 2.19. The largest absolute Gasteiger partial charge is 0.481 e. The van der Waals surface area contributed by atoms with E-state index in [2.05, 4.69) is 15.5 Å². The number of carboxylic acid groups (broad SMARTS) is 1. The van der Waals surface area contributed by atoms with Crippen molar-refractivity contribution in [2.45, 2.75) is 31.0 Å². The van der Waals surface area contributed by atoms with Crippen LogP contribution in [0, 0.1) is 0 Å². The number of piperidine rings is 1. The van der Waals surface area contributed by atoms with E-state index in [-0.39, 0.29) is 18.2 Å². The zero-order valence-corrected chi connectivity index (χ0v) is 11.2. The van der Waals surface area contributed by atoms with E-state index in [0.29, 0.717) is 5.16 Å². The molecule has 0 aromatic carbocycles. The third kappa shape index (κ3) is 3.91. The molecule has 0 radical (unpaired) electrons. The molecule has 1 aromatic rings. The Labute approximate surface area is 114 Å². The molecular formula is C10H15N5O3S. The van der Waals surface area contributed by atoms with Gasteiger partial charge in [-0.3, -0.25) is 9.59 Å². The third-order valence-electron chi connectivity index (χ3n) is 2.82. The van der Waals surface area contributed by atoms with Gasteiger partial charge in [0.2, 0.25) is 11.1 Å². The van der Waals surface area contributed by atoms with Crippen LogP contribution in [0.4, 0.5) is 0 Å². The van der Waals surface area contributed by atoms with Gasteiger partial charge in [0, 0.05) is 13.1 Å². The number of tetrazole rings is 1. The first-order chi connectivity index (χ1) is 9.16. The molecule has 0 aliphatic carbocycles. The minimum atomic E-state index is -0.943. The second kappa shape index (κ2) is 6.50. The van der Waals surface area contributed by atoms with E-state index in [1.807, 2.05) is 0 Å². The molecule has 1 saturated heterocycles. The Bertz CT molecular complexity index is 458. The first kappa shape index (κ1) is 13.8. The predicted molar refractivity (Wildman–Crippen MR) is 66.6 cm³/mol. The second-order valence-corrected chi connectivity index (χ2v) is 5.19. The SMILES string of the molecule is O=C(O)CSc1nnnn1CC(=O)N1CCCCC1. The van der Waals surface area contributed by atoms with Crippen LogP contribution in [-0.4, -0.2) is 60.9 Å². The topological polar surface area (TPSA) is 101 Å². The van der Waals surface area contributed by atoms with Crippen molar-refractivity contribution in [3.8, 4) is 0 Å². The van der Waals surface area contributed by atoms with Crippen LogP contribution in [0.1, 0.15) is 19.3 Å². The fourth-order valence-corrected chi connectivity index (χ4v) is 2.49. The van der Waals surface area contributed by atoms with Crippen LogP contribution >= 0.6 is 11.8 Å². The standard InChI is InChI=1S/C10H15N5O3S/c16-8(14-4-2-1-3-5-14)6-15-10(11-12-13-15)19-7-9(17)18/h1-7H2,(H,17,18). The first-order valence-electron chi connectivity index (χ1n) is 6.05. The van der Waals surface area contributed by atoms with Crippen molar-refractivity contribution in [2.75, 3.05) is 18.8 Å².